The standard InChI is InChI=1S/C22H27ClN2O2/c1-3-21(27-19-11-12-20(23)16(2)15-19)22(26)24-17-7-9-18(10-8-17)25-13-5-4-6-14-25/h7-12,15,21H,3-6,13-14H2,1-2H3,(H,24,26)/t21-/m1/s1. The smallest absolute Gasteiger partial charge is 0.265 e. The molecule has 1 saturated heterocycles. The van der Waals surface area contributed by atoms with Crippen LogP contribution in [0.4, 0.5) is 11.4 Å². The van der Waals surface area contributed by atoms with Gasteiger partial charge in [0.1, 0.15) is 5.75 Å². The van der Waals surface area contributed by atoms with Gasteiger partial charge < -0.3 is 15.0 Å². The Labute approximate surface area is 166 Å². The van der Waals surface area contributed by atoms with E-state index < -0.39 is 6.10 Å². The summed E-state index contributed by atoms with van der Waals surface area (Å²) in [4.78, 5) is 15.0. The molecule has 1 heterocycles. The Bertz CT molecular complexity index is 770. The summed E-state index contributed by atoms with van der Waals surface area (Å²) in [6.45, 7) is 6.07. The average molecular weight is 387 g/mol. The third kappa shape index (κ3) is 5.16. The molecule has 0 bridgehead atoms. The number of nitrogens with one attached hydrogen (secondary N) is 1. The van der Waals surface area contributed by atoms with Crippen LogP contribution in [0, 0.1) is 6.92 Å². The second-order valence-electron chi connectivity index (χ2n) is 7.01. The molecule has 0 unspecified atom stereocenters. The lowest BCUT2D eigenvalue weighted by molar-refractivity contribution is -0.122. The minimum Gasteiger partial charge on any atom is -0.481 e. The van der Waals surface area contributed by atoms with E-state index in [0.717, 1.165) is 24.3 Å². The fraction of sp³-hybridized carbons (Fsp3) is 0.409. The number of hydrogen-bond acceptors (Lipinski definition) is 3. The van der Waals surface area contributed by atoms with Gasteiger partial charge in [0.25, 0.3) is 5.91 Å². The predicted octanol–water partition coefficient (Wildman–Crippen LogP) is 5.43. The van der Waals surface area contributed by atoms with Gasteiger partial charge in [0.15, 0.2) is 6.10 Å². The van der Waals surface area contributed by atoms with Crippen LogP contribution in [0.25, 0.3) is 0 Å². The first-order valence-electron chi connectivity index (χ1n) is 9.65. The van der Waals surface area contributed by atoms with Crippen LogP contribution < -0.4 is 15.0 Å². The van der Waals surface area contributed by atoms with Gasteiger partial charge in [0.05, 0.1) is 0 Å². The second kappa shape index (κ2) is 9.14. The SMILES string of the molecule is CC[C@@H](Oc1ccc(Cl)c(C)c1)C(=O)Nc1ccc(N2CCCCC2)cc1. The van der Waals surface area contributed by atoms with Crippen molar-refractivity contribution < 1.29 is 9.53 Å². The van der Waals surface area contributed by atoms with E-state index in [-0.39, 0.29) is 5.91 Å². The maximum atomic E-state index is 12.6. The lowest BCUT2D eigenvalue weighted by Gasteiger charge is -2.29. The first kappa shape index (κ1) is 19.6. The molecule has 2 aromatic rings. The van der Waals surface area contributed by atoms with Crippen molar-refractivity contribution in [3.63, 3.8) is 0 Å². The first-order valence-corrected chi connectivity index (χ1v) is 10.0. The minimum absolute atomic E-state index is 0.143. The van der Waals surface area contributed by atoms with Crippen molar-refractivity contribution >= 4 is 28.9 Å². The molecule has 2 aromatic carbocycles. The van der Waals surface area contributed by atoms with Crippen molar-refractivity contribution in [2.45, 2.75) is 45.6 Å². The van der Waals surface area contributed by atoms with Crippen LogP contribution in [0.2, 0.25) is 5.02 Å². The molecule has 0 spiro atoms. The quantitative estimate of drug-likeness (QED) is 0.719. The number of piperidine rings is 1. The van der Waals surface area contributed by atoms with Crippen molar-refractivity contribution in [2.75, 3.05) is 23.3 Å². The Morgan fingerprint density at radius 2 is 1.85 bits per heavy atom. The van der Waals surface area contributed by atoms with E-state index in [2.05, 4.69) is 22.3 Å². The van der Waals surface area contributed by atoms with Gasteiger partial charge in [-0.3, -0.25) is 4.79 Å². The molecule has 0 aliphatic carbocycles. The zero-order valence-corrected chi connectivity index (χ0v) is 16.8. The molecule has 1 N–H and O–H groups in total. The van der Waals surface area contributed by atoms with Gasteiger partial charge in [0, 0.05) is 29.5 Å². The summed E-state index contributed by atoms with van der Waals surface area (Å²) in [5, 5.41) is 3.65. The summed E-state index contributed by atoms with van der Waals surface area (Å²) in [5.74, 6) is 0.509. The Balaban J connectivity index is 1.61. The van der Waals surface area contributed by atoms with Crippen LogP contribution in [0.1, 0.15) is 38.2 Å². The average Bonchev–Trinajstić information content (AvgIpc) is 2.70. The molecule has 0 radical (unpaired) electrons. The van der Waals surface area contributed by atoms with E-state index in [0.29, 0.717) is 17.2 Å². The lowest BCUT2D eigenvalue weighted by Crippen LogP contribution is -2.32. The number of carbonyl (C=O) groups excluding carboxylic acids is 1. The third-order valence-corrected chi connectivity index (χ3v) is 5.35. The number of carbonyl (C=O) groups is 1. The highest BCUT2D eigenvalue weighted by molar-refractivity contribution is 6.31. The Morgan fingerprint density at radius 1 is 1.15 bits per heavy atom. The van der Waals surface area contributed by atoms with E-state index in [1.54, 1.807) is 12.1 Å². The molecule has 1 amide bonds. The van der Waals surface area contributed by atoms with E-state index in [1.807, 2.05) is 32.0 Å². The summed E-state index contributed by atoms with van der Waals surface area (Å²) in [6, 6.07) is 13.5. The zero-order valence-electron chi connectivity index (χ0n) is 16.0. The molecule has 0 saturated carbocycles. The van der Waals surface area contributed by atoms with E-state index >= 15 is 0 Å². The number of nitrogens with zero attached hydrogens (tertiary/aromatic N) is 1. The number of amides is 1. The topological polar surface area (TPSA) is 41.6 Å². The van der Waals surface area contributed by atoms with Gasteiger partial charge in [-0.2, -0.15) is 0 Å². The lowest BCUT2D eigenvalue weighted by atomic mass is 10.1. The van der Waals surface area contributed by atoms with Crippen molar-refractivity contribution in [1.82, 2.24) is 0 Å². The van der Waals surface area contributed by atoms with Crippen LogP contribution >= 0.6 is 11.6 Å². The van der Waals surface area contributed by atoms with Crippen molar-refractivity contribution in [1.29, 1.82) is 0 Å². The summed E-state index contributed by atoms with van der Waals surface area (Å²) in [5.41, 5.74) is 2.93. The number of benzene rings is 2. The van der Waals surface area contributed by atoms with Crippen LogP contribution in [0.15, 0.2) is 42.5 Å². The largest absolute Gasteiger partial charge is 0.481 e. The van der Waals surface area contributed by atoms with E-state index in [1.165, 1.54) is 24.9 Å². The Kier molecular flexibility index (Phi) is 6.62. The molecule has 1 aliphatic heterocycles. The predicted molar refractivity (Wildman–Crippen MR) is 112 cm³/mol. The van der Waals surface area contributed by atoms with Crippen molar-refractivity contribution in [2.24, 2.45) is 0 Å². The van der Waals surface area contributed by atoms with Gasteiger partial charge in [-0.15, -0.1) is 0 Å². The highest BCUT2D eigenvalue weighted by atomic mass is 35.5. The maximum absolute atomic E-state index is 12.6. The van der Waals surface area contributed by atoms with Crippen LogP contribution in [0.5, 0.6) is 5.75 Å². The number of anilines is 2. The van der Waals surface area contributed by atoms with Gasteiger partial charge >= 0.3 is 0 Å². The monoisotopic (exact) mass is 386 g/mol. The number of halogens is 1. The van der Waals surface area contributed by atoms with Gasteiger partial charge in [-0.25, -0.2) is 0 Å². The molecular formula is C22H27ClN2O2. The van der Waals surface area contributed by atoms with Gasteiger partial charge in [0.2, 0.25) is 0 Å². The maximum Gasteiger partial charge on any atom is 0.265 e. The highest BCUT2D eigenvalue weighted by Gasteiger charge is 2.19. The molecule has 0 aromatic heterocycles. The number of rotatable bonds is 6. The molecule has 27 heavy (non-hydrogen) atoms. The molecule has 1 aliphatic rings. The van der Waals surface area contributed by atoms with Crippen LogP contribution in [0.3, 0.4) is 0 Å². The molecule has 1 fully saturated rings. The molecular weight excluding hydrogens is 360 g/mol. The summed E-state index contributed by atoms with van der Waals surface area (Å²) < 4.78 is 5.87. The van der Waals surface area contributed by atoms with Crippen molar-refractivity contribution in [3.8, 4) is 5.75 Å². The fourth-order valence-electron chi connectivity index (χ4n) is 3.31. The summed E-state index contributed by atoms with van der Waals surface area (Å²) in [6.07, 6.45) is 3.85. The van der Waals surface area contributed by atoms with E-state index in [4.69, 9.17) is 16.3 Å². The summed E-state index contributed by atoms with van der Waals surface area (Å²) >= 11 is 6.05. The molecule has 4 nitrogen and oxygen atoms in total. The van der Waals surface area contributed by atoms with Gasteiger partial charge in [-0.05, 0) is 80.6 Å². The van der Waals surface area contributed by atoms with Crippen LogP contribution in [-0.2, 0) is 4.79 Å². The van der Waals surface area contributed by atoms with Crippen LogP contribution in [-0.4, -0.2) is 25.1 Å². The first-order chi connectivity index (χ1) is 13.1. The van der Waals surface area contributed by atoms with Crippen molar-refractivity contribution in [3.05, 3.63) is 53.1 Å². The van der Waals surface area contributed by atoms with E-state index in [9.17, 15) is 4.79 Å². The number of aryl methyl sites for hydroxylation is 1. The molecule has 5 heteroatoms. The minimum atomic E-state index is -0.549. The molecule has 1 atom stereocenters. The number of ether oxygens (including phenoxy) is 1. The Hall–Kier alpha value is -2.20. The zero-order chi connectivity index (χ0) is 19.2. The van der Waals surface area contributed by atoms with Gasteiger partial charge in [-0.1, -0.05) is 18.5 Å². The summed E-state index contributed by atoms with van der Waals surface area (Å²) in [7, 11) is 0. The number of hydrogen-bond donors (Lipinski definition) is 1. The molecule has 144 valence electrons. The third-order valence-electron chi connectivity index (χ3n) is 4.93. The fourth-order valence-corrected chi connectivity index (χ4v) is 3.42. The second-order valence-corrected chi connectivity index (χ2v) is 7.42. The highest BCUT2D eigenvalue weighted by Crippen LogP contribution is 2.24. The normalized spacial score (nSPS) is 15.3. The Morgan fingerprint density at radius 3 is 2.48 bits per heavy atom. The molecule has 3 rings (SSSR count).